The molecule has 5 nitrogen and oxygen atoms in total. The summed E-state index contributed by atoms with van der Waals surface area (Å²) < 4.78 is 0.954. The van der Waals surface area contributed by atoms with Crippen LogP contribution in [0.15, 0.2) is 42.6 Å². The molecule has 1 aliphatic carbocycles. The van der Waals surface area contributed by atoms with Crippen LogP contribution in [0.5, 0.6) is 0 Å². The van der Waals surface area contributed by atoms with Gasteiger partial charge in [-0.25, -0.2) is 4.98 Å². The molecular weight excluding hydrogens is 525 g/mol. The molecule has 1 saturated carbocycles. The highest BCUT2D eigenvalue weighted by Crippen LogP contribution is 2.30. The lowest BCUT2D eigenvalue weighted by Crippen LogP contribution is -2.47. The largest absolute Gasteiger partial charge is 0.351 e. The first-order chi connectivity index (χ1) is 15.0. The Morgan fingerprint density at radius 3 is 2.61 bits per heavy atom. The molecule has 1 N–H and O–H groups in total. The highest BCUT2D eigenvalue weighted by atomic mass is 127. The van der Waals surface area contributed by atoms with Crippen molar-refractivity contribution in [3.63, 3.8) is 0 Å². The standard InChI is InChI=1S/C24H29ClIN3O2/c1-2-3-16-29(24(31)19-13-9-15-27-22(19)25)21(18-12-7-8-14-20(18)26)23(30)28-17-10-5-4-6-11-17/h7-9,12-15,17,21H,2-6,10-11,16H2,1H3,(H,28,30). The van der Waals surface area contributed by atoms with E-state index in [1.54, 1.807) is 23.2 Å². The summed E-state index contributed by atoms with van der Waals surface area (Å²) >= 11 is 8.49. The van der Waals surface area contributed by atoms with E-state index in [2.05, 4.69) is 39.8 Å². The SMILES string of the molecule is CCCCN(C(=O)c1cccnc1Cl)C(C(=O)NC1CCCCC1)c1ccccc1I. The van der Waals surface area contributed by atoms with Crippen LogP contribution in [0.3, 0.4) is 0 Å². The smallest absolute Gasteiger partial charge is 0.257 e. The summed E-state index contributed by atoms with van der Waals surface area (Å²) in [6, 6.07) is 10.6. The van der Waals surface area contributed by atoms with E-state index in [0.717, 1.165) is 47.7 Å². The van der Waals surface area contributed by atoms with Crippen LogP contribution in [0.2, 0.25) is 5.15 Å². The molecule has 166 valence electrons. The minimum absolute atomic E-state index is 0.125. The fourth-order valence-corrected chi connectivity index (χ4v) is 4.93. The lowest BCUT2D eigenvalue weighted by Gasteiger charge is -2.34. The molecule has 0 radical (unpaired) electrons. The first kappa shape index (κ1) is 24.0. The highest BCUT2D eigenvalue weighted by molar-refractivity contribution is 14.1. The van der Waals surface area contributed by atoms with E-state index in [4.69, 9.17) is 11.6 Å². The number of amides is 2. The summed E-state index contributed by atoms with van der Waals surface area (Å²) in [7, 11) is 0. The highest BCUT2D eigenvalue weighted by Gasteiger charge is 2.34. The van der Waals surface area contributed by atoms with E-state index < -0.39 is 6.04 Å². The molecule has 1 aromatic heterocycles. The zero-order valence-electron chi connectivity index (χ0n) is 17.8. The van der Waals surface area contributed by atoms with E-state index in [1.165, 1.54) is 6.42 Å². The number of rotatable bonds is 8. The summed E-state index contributed by atoms with van der Waals surface area (Å²) in [5.74, 6) is -0.393. The molecule has 0 aliphatic heterocycles. The Hall–Kier alpha value is -1.67. The molecule has 1 heterocycles. The molecule has 1 unspecified atom stereocenters. The Balaban J connectivity index is 2.00. The van der Waals surface area contributed by atoms with Crippen molar-refractivity contribution in [3.8, 4) is 0 Å². The molecule has 1 fully saturated rings. The number of carbonyl (C=O) groups is 2. The minimum Gasteiger partial charge on any atom is -0.351 e. The van der Waals surface area contributed by atoms with Crippen molar-refractivity contribution < 1.29 is 9.59 Å². The van der Waals surface area contributed by atoms with Crippen LogP contribution in [-0.4, -0.2) is 34.3 Å². The Morgan fingerprint density at radius 1 is 1.19 bits per heavy atom. The predicted octanol–water partition coefficient (Wildman–Crippen LogP) is 5.77. The van der Waals surface area contributed by atoms with Crippen molar-refractivity contribution in [2.75, 3.05) is 6.54 Å². The van der Waals surface area contributed by atoms with Crippen LogP contribution in [-0.2, 0) is 4.79 Å². The van der Waals surface area contributed by atoms with Crippen LogP contribution >= 0.6 is 34.2 Å². The van der Waals surface area contributed by atoms with Crippen molar-refractivity contribution >= 4 is 46.0 Å². The van der Waals surface area contributed by atoms with Gasteiger partial charge in [0.05, 0.1) is 5.56 Å². The van der Waals surface area contributed by atoms with E-state index in [9.17, 15) is 9.59 Å². The maximum absolute atomic E-state index is 13.6. The van der Waals surface area contributed by atoms with Gasteiger partial charge in [-0.1, -0.05) is 62.4 Å². The fourth-order valence-electron chi connectivity index (χ4n) is 4.05. The Bertz CT molecular complexity index is 902. The molecule has 0 bridgehead atoms. The minimum atomic E-state index is -0.717. The van der Waals surface area contributed by atoms with Crippen LogP contribution in [0.4, 0.5) is 0 Å². The summed E-state index contributed by atoms with van der Waals surface area (Å²) in [5, 5.41) is 3.39. The number of halogens is 2. The van der Waals surface area contributed by atoms with Gasteiger partial charge in [-0.15, -0.1) is 0 Å². The summed E-state index contributed by atoms with van der Waals surface area (Å²) in [6.07, 6.45) is 8.71. The molecule has 3 rings (SSSR count). The summed E-state index contributed by atoms with van der Waals surface area (Å²) in [6.45, 7) is 2.54. The van der Waals surface area contributed by atoms with Crippen molar-refractivity contribution in [1.82, 2.24) is 15.2 Å². The van der Waals surface area contributed by atoms with Crippen LogP contribution < -0.4 is 5.32 Å². The molecule has 7 heteroatoms. The molecule has 2 amide bonds. The first-order valence-corrected chi connectivity index (χ1v) is 12.4. The number of benzene rings is 1. The van der Waals surface area contributed by atoms with Gasteiger partial charge < -0.3 is 10.2 Å². The molecule has 2 aromatic rings. The third-order valence-electron chi connectivity index (χ3n) is 5.71. The second-order valence-corrected chi connectivity index (χ2v) is 9.48. The molecule has 1 aromatic carbocycles. The average Bonchev–Trinajstić information content (AvgIpc) is 2.78. The number of hydrogen-bond donors (Lipinski definition) is 1. The lowest BCUT2D eigenvalue weighted by molar-refractivity contribution is -0.127. The summed E-state index contributed by atoms with van der Waals surface area (Å²) in [5.41, 5.74) is 1.16. The molecule has 31 heavy (non-hydrogen) atoms. The number of carbonyl (C=O) groups excluding carboxylic acids is 2. The zero-order valence-corrected chi connectivity index (χ0v) is 20.7. The van der Waals surface area contributed by atoms with Crippen molar-refractivity contribution in [3.05, 3.63) is 62.4 Å². The fraction of sp³-hybridized carbons (Fsp3) is 0.458. The Labute approximate surface area is 203 Å². The molecule has 1 atom stereocenters. The van der Waals surface area contributed by atoms with E-state index in [-0.39, 0.29) is 23.0 Å². The molecular formula is C24H29ClIN3O2. The maximum atomic E-state index is 13.6. The topological polar surface area (TPSA) is 62.3 Å². The van der Waals surface area contributed by atoms with Gasteiger partial charge in [0.25, 0.3) is 5.91 Å². The first-order valence-electron chi connectivity index (χ1n) is 11.0. The van der Waals surface area contributed by atoms with Gasteiger partial charge in [0.2, 0.25) is 5.91 Å². The van der Waals surface area contributed by atoms with E-state index in [1.807, 2.05) is 24.3 Å². The number of nitrogens with one attached hydrogen (secondary N) is 1. The van der Waals surface area contributed by atoms with Crippen molar-refractivity contribution in [2.24, 2.45) is 0 Å². The van der Waals surface area contributed by atoms with Gasteiger partial charge in [-0.2, -0.15) is 0 Å². The number of unbranched alkanes of at least 4 members (excludes halogenated alkanes) is 1. The predicted molar refractivity (Wildman–Crippen MR) is 132 cm³/mol. The zero-order chi connectivity index (χ0) is 22.2. The number of nitrogens with zero attached hydrogens (tertiary/aromatic N) is 2. The van der Waals surface area contributed by atoms with Crippen LogP contribution in [0, 0.1) is 3.57 Å². The number of hydrogen-bond acceptors (Lipinski definition) is 3. The van der Waals surface area contributed by atoms with Gasteiger partial charge in [0, 0.05) is 22.4 Å². The van der Waals surface area contributed by atoms with Gasteiger partial charge in [-0.3, -0.25) is 9.59 Å². The van der Waals surface area contributed by atoms with Gasteiger partial charge in [0.1, 0.15) is 11.2 Å². The molecule has 0 spiro atoms. The number of aromatic nitrogens is 1. The van der Waals surface area contributed by atoms with Gasteiger partial charge in [-0.05, 0) is 65.6 Å². The maximum Gasteiger partial charge on any atom is 0.257 e. The van der Waals surface area contributed by atoms with E-state index >= 15 is 0 Å². The van der Waals surface area contributed by atoms with Gasteiger partial charge >= 0.3 is 0 Å². The Kier molecular flexibility index (Phi) is 9.14. The second kappa shape index (κ2) is 11.8. The third kappa shape index (κ3) is 6.19. The molecule has 1 aliphatic rings. The lowest BCUT2D eigenvalue weighted by atomic mass is 9.94. The average molecular weight is 554 g/mol. The van der Waals surface area contributed by atoms with Crippen LogP contribution in [0.25, 0.3) is 0 Å². The van der Waals surface area contributed by atoms with Gasteiger partial charge in [0.15, 0.2) is 0 Å². The Morgan fingerprint density at radius 2 is 1.94 bits per heavy atom. The van der Waals surface area contributed by atoms with Crippen LogP contribution in [0.1, 0.15) is 73.8 Å². The normalized spacial score (nSPS) is 15.3. The number of pyridine rings is 1. The summed E-state index contributed by atoms with van der Waals surface area (Å²) in [4.78, 5) is 33.0. The van der Waals surface area contributed by atoms with E-state index in [0.29, 0.717) is 12.1 Å². The third-order valence-corrected chi connectivity index (χ3v) is 7.00. The quantitative estimate of drug-likeness (QED) is 0.333. The van der Waals surface area contributed by atoms with Crippen molar-refractivity contribution in [1.29, 1.82) is 0 Å². The van der Waals surface area contributed by atoms with Crippen molar-refractivity contribution in [2.45, 2.75) is 64.0 Å². The molecule has 0 saturated heterocycles. The monoisotopic (exact) mass is 553 g/mol. The second-order valence-electron chi connectivity index (χ2n) is 7.96.